The molecule has 1 rings (SSSR count). The molecule has 0 aromatic heterocycles. The van der Waals surface area contributed by atoms with Crippen molar-refractivity contribution in [2.75, 3.05) is 20.1 Å². The molecule has 0 aliphatic carbocycles. The molecule has 1 N–H and O–H groups in total. The minimum absolute atomic E-state index is 0.0662. The summed E-state index contributed by atoms with van der Waals surface area (Å²) in [7, 11) is -2.54. The van der Waals surface area contributed by atoms with E-state index in [0.717, 1.165) is 10.7 Å². The highest BCUT2D eigenvalue weighted by atomic mass is 35.5. The third-order valence-electron chi connectivity index (χ3n) is 2.99. The van der Waals surface area contributed by atoms with E-state index in [1.807, 2.05) is 13.8 Å². The van der Waals surface area contributed by atoms with E-state index in [2.05, 4.69) is 5.32 Å². The predicted molar refractivity (Wildman–Crippen MR) is 88.7 cm³/mol. The van der Waals surface area contributed by atoms with Crippen LogP contribution < -0.4 is 5.32 Å². The van der Waals surface area contributed by atoms with Crippen molar-refractivity contribution in [3.63, 3.8) is 0 Å². The second kappa shape index (κ2) is 8.15. The van der Waals surface area contributed by atoms with E-state index >= 15 is 0 Å². The molecule has 22 heavy (non-hydrogen) atoms. The first kappa shape index (κ1) is 19.2. The summed E-state index contributed by atoms with van der Waals surface area (Å²) in [5.41, 5.74) is 0. The summed E-state index contributed by atoms with van der Waals surface area (Å²) >= 11 is 11.7. The monoisotopic (exact) mass is 366 g/mol. The quantitative estimate of drug-likeness (QED) is 0.806. The van der Waals surface area contributed by atoms with Gasteiger partial charge in [0.25, 0.3) is 0 Å². The van der Waals surface area contributed by atoms with Gasteiger partial charge in [-0.1, -0.05) is 37.0 Å². The number of carbonyl (C=O) groups excluding carboxylic acids is 1. The molecule has 1 aromatic rings. The lowest BCUT2D eigenvalue weighted by molar-refractivity contribution is -0.121. The maximum absolute atomic E-state index is 12.4. The van der Waals surface area contributed by atoms with E-state index < -0.39 is 10.0 Å². The van der Waals surface area contributed by atoms with E-state index in [0.29, 0.717) is 12.5 Å². The standard InChI is InChI=1S/C14H20Cl2N2O3S/c1-10(2)6-7-17-14(19)9-18(3)22(20,21)13-8-11(15)4-5-12(13)16/h4-5,8,10H,6-7,9H2,1-3H3,(H,17,19). The Kier molecular flexibility index (Phi) is 7.12. The van der Waals surface area contributed by atoms with Crippen molar-refractivity contribution < 1.29 is 13.2 Å². The molecular weight excluding hydrogens is 347 g/mol. The second-order valence-electron chi connectivity index (χ2n) is 5.37. The number of carbonyl (C=O) groups is 1. The van der Waals surface area contributed by atoms with Crippen LogP contribution >= 0.6 is 23.2 Å². The molecule has 0 saturated carbocycles. The normalized spacial score (nSPS) is 12.0. The fourth-order valence-electron chi connectivity index (χ4n) is 1.69. The van der Waals surface area contributed by atoms with Crippen LogP contribution in [0.2, 0.25) is 10.0 Å². The van der Waals surface area contributed by atoms with E-state index in [4.69, 9.17) is 23.2 Å². The first-order valence-electron chi connectivity index (χ1n) is 6.82. The second-order valence-corrected chi connectivity index (χ2v) is 8.23. The molecule has 0 aliphatic heterocycles. The Morgan fingerprint density at radius 2 is 1.95 bits per heavy atom. The van der Waals surface area contributed by atoms with Crippen molar-refractivity contribution in [1.82, 2.24) is 9.62 Å². The van der Waals surface area contributed by atoms with Gasteiger partial charge >= 0.3 is 0 Å². The van der Waals surface area contributed by atoms with Gasteiger partial charge in [-0.2, -0.15) is 4.31 Å². The zero-order chi connectivity index (χ0) is 16.9. The number of likely N-dealkylation sites (N-methyl/N-ethyl adjacent to an activating group) is 1. The minimum Gasteiger partial charge on any atom is -0.355 e. The van der Waals surface area contributed by atoms with Gasteiger partial charge in [0.2, 0.25) is 15.9 Å². The number of sulfonamides is 1. The zero-order valence-corrected chi connectivity index (χ0v) is 15.1. The Morgan fingerprint density at radius 3 is 2.55 bits per heavy atom. The van der Waals surface area contributed by atoms with Gasteiger partial charge in [-0.25, -0.2) is 8.42 Å². The van der Waals surface area contributed by atoms with E-state index in [1.54, 1.807) is 0 Å². The maximum atomic E-state index is 12.4. The topological polar surface area (TPSA) is 66.5 Å². The Hall–Kier alpha value is -0.820. The van der Waals surface area contributed by atoms with Crippen LogP contribution in [0.25, 0.3) is 0 Å². The summed E-state index contributed by atoms with van der Waals surface area (Å²) < 4.78 is 25.8. The van der Waals surface area contributed by atoms with Gasteiger partial charge in [0, 0.05) is 18.6 Å². The molecule has 0 heterocycles. The van der Waals surface area contributed by atoms with Crippen molar-refractivity contribution >= 4 is 39.1 Å². The van der Waals surface area contributed by atoms with Crippen LogP contribution in [0.3, 0.4) is 0 Å². The molecular formula is C14H20Cl2N2O3S. The highest BCUT2D eigenvalue weighted by molar-refractivity contribution is 7.89. The average Bonchev–Trinajstić information content (AvgIpc) is 2.40. The Balaban J connectivity index is 2.77. The Bertz CT molecular complexity index is 633. The van der Waals surface area contributed by atoms with Crippen LogP contribution in [-0.4, -0.2) is 38.8 Å². The molecule has 1 aromatic carbocycles. The van der Waals surface area contributed by atoms with Gasteiger partial charge in [0.15, 0.2) is 0 Å². The van der Waals surface area contributed by atoms with Crippen molar-refractivity contribution in [1.29, 1.82) is 0 Å². The molecule has 124 valence electrons. The van der Waals surface area contributed by atoms with E-state index in [-0.39, 0.29) is 27.4 Å². The van der Waals surface area contributed by atoms with Crippen LogP contribution in [0, 0.1) is 5.92 Å². The summed E-state index contributed by atoms with van der Waals surface area (Å²) in [5, 5.41) is 3.02. The number of hydrogen-bond donors (Lipinski definition) is 1. The van der Waals surface area contributed by atoms with Gasteiger partial charge in [-0.15, -0.1) is 0 Å². The lowest BCUT2D eigenvalue weighted by Crippen LogP contribution is -2.38. The molecule has 8 heteroatoms. The van der Waals surface area contributed by atoms with Crippen molar-refractivity contribution in [2.24, 2.45) is 5.92 Å². The van der Waals surface area contributed by atoms with Crippen molar-refractivity contribution in [2.45, 2.75) is 25.2 Å². The lowest BCUT2D eigenvalue weighted by Gasteiger charge is -2.18. The van der Waals surface area contributed by atoms with Gasteiger partial charge in [0.1, 0.15) is 4.90 Å². The van der Waals surface area contributed by atoms with E-state index in [1.165, 1.54) is 25.2 Å². The number of benzene rings is 1. The SMILES string of the molecule is CC(C)CCNC(=O)CN(C)S(=O)(=O)c1cc(Cl)ccc1Cl. The number of nitrogens with zero attached hydrogens (tertiary/aromatic N) is 1. The fourth-order valence-corrected chi connectivity index (χ4v) is 3.55. The molecule has 0 radical (unpaired) electrons. The molecule has 0 saturated heterocycles. The highest BCUT2D eigenvalue weighted by Gasteiger charge is 2.25. The first-order chi connectivity index (χ1) is 10.1. The average molecular weight is 367 g/mol. The molecule has 0 spiro atoms. The molecule has 0 aliphatic rings. The smallest absolute Gasteiger partial charge is 0.244 e. The van der Waals surface area contributed by atoms with Crippen LogP contribution in [0.4, 0.5) is 0 Å². The van der Waals surface area contributed by atoms with Crippen LogP contribution in [0.1, 0.15) is 20.3 Å². The van der Waals surface area contributed by atoms with Gasteiger partial charge in [-0.3, -0.25) is 4.79 Å². The van der Waals surface area contributed by atoms with Crippen molar-refractivity contribution in [3.05, 3.63) is 28.2 Å². The lowest BCUT2D eigenvalue weighted by atomic mass is 10.1. The van der Waals surface area contributed by atoms with Gasteiger partial charge in [0.05, 0.1) is 11.6 Å². The van der Waals surface area contributed by atoms with Crippen LogP contribution in [0.15, 0.2) is 23.1 Å². The zero-order valence-electron chi connectivity index (χ0n) is 12.8. The summed E-state index contributed by atoms with van der Waals surface area (Å²) in [6.07, 6.45) is 0.836. The van der Waals surface area contributed by atoms with Gasteiger partial charge < -0.3 is 5.32 Å². The first-order valence-corrected chi connectivity index (χ1v) is 9.02. The third kappa shape index (κ3) is 5.43. The number of hydrogen-bond acceptors (Lipinski definition) is 3. The maximum Gasteiger partial charge on any atom is 0.244 e. The molecule has 0 unspecified atom stereocenters. The summed E-state index contributed by atoms with van der Waals surface area (Å²) in [6, 6.07) is 4.18. The number of halogens is 2. The Labute approximate surface area is 141 Å². The fraction of sp³-hybridized carbons (Fsp3) is 0.500. The summed E-state index contributed by atoms with van der Waals surface area (Å²) in [5.74, 6) is 0.108. The van der Waals surface area contributed by atoms with Gasteiger partial charge in [-0.05, 0) is 30.5 Å². The summed E-state index contributed by atoms with van der Waals surface area (Å²) in [6.45, 7) is 4.33. The largest absolute Gasteiger partial charge is 0.355 e. The van der Waals surface area contributed by atoms with Crippen LogP contribution in [-0.2, 0) is 14.8 Å². The molecule has 5 nitrogen and oxygen atoms in total. The number of rotatable bonds is 7. The van der Waals surface area contributed by atoms with Crippen LogP contribution in [0.5, 0.6) is 0 Å². The number of amides is 1. The van der Waals surface area contributed by atoms with Crippen molar-refractivity contribution in [3.8, 4) is 0 Å². The number of nitrogens with one attached hydrogen (secondary N) is 1. The summed E-state index contributed by atoms with van der Waals surface area (Å²) in [4.78, 5) is 11.7. The minimum atomic E-state index is -3.87. The molecule has 0 bridgehead atoms. The highest BCUT2D eigenvalue weighted by Crippen LogP contribution is 2.26. The molecule has 1 amide bonds. The molecule has 0 fully saturated rings. The predicted octanol–water partition coefficient (Wildman–Crippen LogP) is 2.78. The molecule has 0 atom stereocenters. The third-order valence-corrected chi connectivity index (χ3v) is 5.51. The Morgan fingerprint density at radius 1 is 1.32 bits per heavy atom. The van der Waals surface area contributed by atoms with E-state index in [9.17, 15) is 13.2 Å².